The summed E-state index contributed by atoms with van der Waals surface area (Å²) in [4.78, 5) is 7.57. The van der Waals surface area contributed by atoms with Crippen LogP contribution >= 0.6 is 11.3 Å². The van der Waals surface area contributed by atoms with Gasteiger partial charge in [-0.3, -0.25) is 0 Å². The molecular formula is C18H22N4OS. The lowest BCUT2D eigenvalue weighted by molar-refractivity contribution is 0.357. The molecule has 0 aliphatic carbocycles. The number of aromatic nitrogens is 2. The van der Waals surface area contributed by atoms with Crippen LogP contribution in [0.1, 0.15) is 27.9 Å². The van der Waals surface area contributed by atoms with Gasteiger partial charge in [-0.1, -0.05) is 30.3 Å². The van der Waals surface area contributed by atoms with E-state index in [1.165, 1.54) is 16.0 Å². The molecule has 1 N–H and O–H groups in total. The first-order valence-electron chi connectivity index (χ1n) is 7.94. The zero-order valence-corrected chi connectivity index (χ0v) is 15.0. The minimum Gasteiger partial charge on any atom is -0.344 e. The van der Waals surface area contributed by atoms with Gasteiger partial charge in [0.15, 0.2) is 0 Å². The lowest BCUT2D eigenvalue weighted by Crippen LogP contribution is -2.23. The second-order valence-electron chi connectivity index (χ2n) is 5.97. The molecule has 126 valence electrons. The molecule has 2 aromatic heterocycles. The molecule has 0 unspecified atom stereocenters. The van der Waals surface area contributed by atoms with Crippen molar-refractivity contribution in [2.75, 3.05) is 19.0 Å². The standard InChI is InChI=1S/C18H22N4OS/c1-13-9-10-24-17(13)15(11-14-7-5-4-6-8-14)19-12-16-20-18(21-23-16)22(2)3/h4-10,15,19H,11-12H2,1-3H3/t15-/m0/s1. The largest absolute Gasteiger partial charge is 0.344 e. The van der Waals surface area contributed by atoms with Crippen molar-refractivity contribution in [1.29, 1.82) is 0 Å². The van der Waals surface area contributed by atoms with E-state index in [4.69, 9.17) is 4.52 Å². The molecule has 0 amide bonds. The van der Waals surface area contributed by atoms with Crippen molar-refractivity contribution in [3.05, 3.63) is 63.7 Å². The third kappa shape index (κ3) is 4.01. The van der Waals surface area contributed by atoms with E-state index >= 15 is 0 Å². The maximum atomic E-state index is 5.31. The van der Waals surface area contributed by atoms with Crippen molar-refractivity contribution < 1.29 is 4.52 Å². The fourth-order valence-electron chi connectivity index (χ4n) is 2.56. The SMILES string of the molecule is Cc1ccsc1[C@H](Cc1ccccc1)NCc1nc(N(C)C)no1. The number of nitrogens with one attached hydrogen (secondary N) is 1. The van der Waals surface area contributed by atoms with Crippen LogP contribution in [0, 0.1) is 6.92 Å². The van der Waals surface area contributed by atoms with Crippen molar-refractivity contribution in [1.82, 2.24) is 15.5 Å². The van der Waals surface area contributed by atoms with Gasteiger partial charge in [0.25, 0.3) is 5.95 Å². The first-order valence-corrected chi connectivity index (χ1v) is 8.82. The van der Waals surface area contributed by atoms with Crippen LogP contribution in [0.5, 0.6) is 0 Å². The summed E-state index contributed by atoms with van der Waals surface area (Å²) < 4.78 is 5.31. The Morgan fingerprint density at radius 2 is 2.00 bits per heavy atom. The zero-order valence-electron chi connectivity index (χ0n) is 14.2. The molecule has 2 heterocycles. The summed E-state index contributed by atoms with van der Waals surface area (Å²) in [6, 6.07) is 12.9. The third-order valence-electron chi connectivity index (χ3n) is 3.86. The molecule has 3 aromatic rings. The number of rotatable bonds is 7. The Morgan fingerprint density at radius 3 is 2.62 bits per heavy atom. The van der Waals surface area contributed by atoms with Gasteiger partial charge in [0.2, 0.25) is 5.89 Å². The summed E-state index contributed by atoms with van der Waals surface area (Å²) >= 11 is 1.78. The summed E-state index contributed by atoms with van der Waals surface area (Å²) in [5, 5.41) is 9.68. The maximum absolute atomic E-state index is 5.31. The van der Waals surface area contributed by atoms with Crippen LogP contribution in [0.25, 0.3) is 0 Å². The normalized spacial score (nSPS) is 12.3. The van der Waals surface area contributed by atoms with E-state index in [9.17, 15) is 0 Å². The number of aryl methyl sites for hydroxylation is 1. The second-order valence-corrected chi connectivity index (χ2v) is 6.92. The van der Waals surface area contributed by atoms with E-state index in [1.54, 1.807) is 11.3 Å². The maximum Gasteiger partial charge on any atom is 0.265 e. The van der Waals surface area contributed by atoms with Gasteiger partial charge >= 0.3 is 0 Å². The lowest BCUT2D eigenvalue weighted by Gasteiger charge is -2.18. The van der Waals surface area contributed by atoms with Crippen LogP contribution in [0.2, 0.25) is 0 Å². The zero-order chi connectivity index (χ0) is 16.9. The van der Waals surface area contributed by atoms with Crippen LogP contribution < -0.4 is 10.2 Å². The van der Waals surface area contributed by atoms with Gasteiger partial charge in [-0.15, -0.1) is 11.3 Å². The Kier molecular flexibility index (Phi) is 5.27. The Hall–Kier alpha value is -2.18. The predicted octanol–water partition coefficient (Wildman–Crippen LogP) is 3.58. The number of nitrogens with zero attached hydrogens (tertiary/aromatic N) is 3. The number of thiophene rings is 1. The molecular weight excluding hydrogens is 320 g/mol. The van der Waals surface area contributed by atoms with E-state index in [1.807, 2.05) is 25.1 Å². The van der Waals surface area contributed by atoms with Crippen molar-refractivity contribution in [3.63, 3.8) is 0 Å². The molecule has 0 bridgehead atoms. The molecule has 0 saturated heterocycles. The fraction of sp³-hybridized carbons (Fsp3) is 0.333. The van der Waals surface area contributed by atoms with Gasteiger partial charge in [-0.05, 0) is 41.1 Å². The monoisotopic (exact) mass is 342 g/mol. The number of benzene rings is 1. The highest BCUT2D eigenvalue weighted by atomic mass is 32.1. The molecule has 0 aliphatic heterocycles. The van der Waals surface area contributed by atoms with Crippen LogP contribution in [-0.4, -0.2) is 24.2 Å². The van der Waals surface area contributed by atoms with Crippen LogP contribution in [0.15, 0.2) is 46.3 Å². The minimum absolute atomic E-state index is 0.224. The van der Waals surface area contributed by atoms with Gasteiger partial charge in [0.1, 0.15) is 0 Å². The molecule has 1 aromatic carbocycles. The van der Waals surface area contributed by atoms with Crippen LogP contribution in [0.3, 0.4) is 0 Å². The van der Waals surface area contributed by atoms with Crippen LogP contribution in [-0.2, 0) is 13.0 Å². The fourth-order valence-corrected chi connectivity index (χ4v) is 3.56. The van der Waals surface area contributed by atoms with Crippen molar-refractivity contribution in [2.45, 2.75) is 25.9 Å². The van der Waals surface area contributed by atoms with E-state index in [-0.39, 0.29) is 6.04 Å². The minimum atomic E-state index is 0.224. The van der Waals surface area contributed by atoms with Gasteiger partial charge in [-0.25, -0.2) is 0 Å². The predicted molar refractivity (Wildman–Crippen MR) is 97.4 cm³/mol. The van der Waals surface area contributed by atoms with Crippen molar-refractivity contribution in [3.8, 4) is 0 Å². The topological polar surface area (TPSA) is 54.2 Å². The molecule has 0 radical (unpaired) electrons. The Bertz CT molecular complexity index is 766. The molecule has 5 nitrogen and oxygen atoms in total. The van der Waals surface area contributed by atoms with E-state index in [2.05, 4.69) is 58.1 Å². The van der Waals surface area contributed by atoms with Crippen molar-refractivity contribution >= 4 is 17.3 Å². The lowest BCUT2D eigenvalue weighted by atomic mass is 10.0. The Balaban J connectivity index is 1.73. The summed E-state index contributed by atoms with van der Waals surface area (Å²) in [6.45, 7) is 2.71. The third-order valence-corrected chi connectivity index (χ3v) is 4.99. The summed E-state index contributed by atoms with van der Waals surface area (Å²) in [5.74, 6) is 1.20. The average molecular weight is 342 g/mol. The molecule has 24 heavy (non-hydrogen) atoms. The van der Waals surface area contributed by atoms with E-state index < -0.39 is 0 Å². The highest BCUT2D eigenvalue weighted by molar-refractivity contribution is 7.10. The average Bonchev–Trinajstić information content (AvgIpc) is 3.21. The van der Waals surface area contributed by atoms with Gasteiger partial charge in [0.05, 0.1) is 6.54 Å². The number of hydrogen-bond acceptors (Lipinski definition) is 6. The molecule has 1 atom stereocenters. The number of hydrogen-bond donors (Lipinski definition) is 1. The first kappa shape index (κ1) is 16.7. The molecule has 0 spiro atoms. The molecule has 6 heteroatoms. The first-order chi connectivity index (χ1) is 11.6. The Labute approximate surface area is 146 Å². The summed E-state index contributed by atoms with van der Waals surface area (Å²) in [5.41, 5.74) is 2.62. The summed E-state index contributed by atoms with van der Waals surface area (Å²) in [6.07, 6.45) is 0.927. The van der Waals surface area contributed by atoms with Crippen molar-refractivity contribution in [2.24, 2.45) is 0 Å². The molecule has 0 fully saturated rings. The quantitative estimate of drug-likeness (QED) is 0.711. The smallest absolute Gasteiger partial charge is 0.265 e. The van der Waals surface area contributed by atoms with Gasteiger partial charge < -0.3 is 14.7 Å². The highest BCUT2D eigenvalue weighted by Crippen LogP contribution is 2.27. The number of anilines is 1. The Morgan fingerprint density at radius 1 is 1.21 bits per heavy atom. The highest BCUT2D eigenvalue weighted by Gasteiger charge is 2.17. The molecule has 0 aliphatic rings. The molecule has 3 rings (SSSR count). The second kappa shape index (κ2) is 7.59. The molecule has 0 saturated carbocycles. The van der Waals surface area contributed by atoms with E-state index in [0.717, 1.165) is 6.42 Å². The van der Waals surface area contributed by atoms with Crippen LogP contribution in [0.4, 0.5) is 5.95 Å². The van der Waals surface area contributed by atoms with E-state index in [0.29, 0.717) is 18.4 Å². The van der Waals surface area contributed by atoms with Gasteiger partial charge in [0, 0.05) is 25.0 Å². The van der Waals surface area contributed by atoms with Gasteiger partial charge in [-0.2, -0.15) is 4.98 Å². The summed E-state index contributed by atoms with van der Waals surface area (Å²) in [7, 11) is 3.80.